The Kier molecular flexibility index (Phi) is 55.8. The van der Waals surface area contributed by atoms with Crippen molar-refractivity contribution in [3.05, 3.63) is 72.9 Å². The van der Waals surface area contributed by atoms with Crippen molar-refractivity contribution in [1.82, 2.24) is 0 Å². The van der Waals surface area contributed by atoms with Crippen molar-refractivity contribution in [1.29, 1.82) is 0 Å². The van der Waals surface area contributed by atoms with E-state index in [1.807, 2.05) is 0 Å². The van der Waals surface area contributed by atoms with Crippen LogP contribution in [0.2, 0.25) is 0 Å². The molecular weight excluding hydrogens is 865 g/mol. The molecule has 0 saturated carbocycles. The van der Waals surface area contributed by atoms with Crippen LogP contribution in [0.15, 0.2) is 72.9 Å². The zero-order chi connectivity index (χ0) is 50.7. The van der Waals surface area contributed by atoms with Crippen LogP contribution in [-0.2, 0) is 28.6 Å². The first-order valence-electron chi connectivity index (χ1n) is 29.9. The van der Waals surface area contributed by atoms with Gasteiger partial charge in [-0.1, -0.05) is 261 Å². The molecule has 6 nitrogen and oxygen atoms in total. The number of hydrogen-bond acceptors (Lipinski definition) is 6. The minimum atomic E-state index is -0.790. The summed E-state index contributed by atoms with van der Waals surface area (Å²) in [5, 5.41) is 0. The van der Waals surface area contributed by atoms with Crippen LogP contribution in [0.5, 0.6) is 0 Å². The average molecular weight is 978 g/mol. The molecule has 0 aromatic heterocycles. The lowest BCUT2D eigenvalue weighted by Crippen LogP contribution is -2.30. The SMILES string of the molecule is CC/C=C\C/C=C\C/C=C\C/C=C\C/C=C\CCCCCC(=O)OCC(COC(=O)CCCCCCCCCCCCCCCCCC)OC(=O)CCCCCCCCC/C=C\CCCCCCCC. The Morgan fingerprint density at radius 1 is 0.300 bits per heavy atom. The Morgan fingerprint density at radius 3 is 0.900 bits per heavy atom. The highest BCUT2D eigenvalue weighted by Gasteiger charge is 2.19. The highest BCUT2D eigenvalue weighted by atomic mass is 16.6. The Morgan fingerprint density at radius 2 is 0.557 bits per heavy atom. The lowest BCUT2D eigenvalue weighted by atomic mass is 10.0. The average Bonchev–Trinajstić information content (AvgIpc) is 3.36. The maximum Gasteiger partial charge on any atom is 0.306 e. The third-order valence-electron chi connectivity index (χ3n) is 12.9. The second kappa shape index (κ2) is 58.4. The Labute approximate surface area is 433 Å². The maximum atomic E-state index is 12.9. The van der Waals surface area contributed by atoms with E-state index in [4.69, 9.17) is 14.2 Å². The van der Waals surface area contributed by atoms with E-state index in [2.05, 4.69) is 93.7 Å². The quantitative estimate of drug-likeness (QED) is 0.0261. The first-order chi connectivity index (χ1) is 34.5. The first kappa shape index (κ1) is 66.9. The van der Waals surface area contributed by atoms with Gasteiger partial charge < -0.3 is 14.2 Å². The summed E-state index contributed by atoms with van der Waals surface area (Å²) in [6.45, 7) is 6.52. The molecule has 6 heteroatoms. The zero-order valence-corrected chi connectivity index (χ0v) is 46.3. The molecule has 70 heavy (non-hydrogen) atoms. The largest absolute Gasteiger partial charge is 0.462 e. The Hall–Kier alpha value is -3.15. The molecule has 0 fully saturated rings. The third-order valence-corrected chi connectivity index (χ3v) is 12.9. The molecular formula is C64H112O6. The van der Waals surface area contributed by atoms with Crippen LogP contribution in [0.3, 0.4) is 0 Å². The van der Waals surface area contributed by atoms with Crippen LogP contribution < -0.4 is 0 Å². The number of unbranched alkanes of at least 4 members (excludes halogenated alkanes) is 31. The van der Waals surface area contributed by atoms with Crippen molar-refractivity contribution in [2.45, 2.75) is 303 Å². The zero-order valence-electron chi connectivity index (χ0n) is 46.3. The molecule has 0 aliphatic carbocycles. The summed E-state index contributed by atoms with van der Waals surface area (Å²) in [6, 6.07) is 0. The summed E-state index contributed by atoms with van der Waals surface area (Å²) in [7, 11) is 0. The molecule has 0 N–H and O–H groups in total. The number of esters is 3. The van der Waals surface area contributed by atoms with Gasteiger partial charge in [0.2, 0.25) is 0 Å². The molecule has 0 rings (SSSR count). The third kappa shape index (κ3) is 55.8. The standard InChI is InChI=1S/C64H112O6/c1-4-7-10-13-16-19-22-25-28-31-32-34-36-39-42-45-48-51-54-57-63(66)69-60-61(59-68-62(65)56-53-50-47-44-41-38-35-30-27-24-21-18-15-12-9-6-3)70-64(67)58-55-52-49-46-43-40-37-33-29-26-23-20-17-14-11-8-5-2/h7,10,16,19,25-26,28-29,32,34,39,42,61H,4-6,8-9,11-15,17-18,20-24,27,30-31,33,35-38,40-41,43-60H2,1-3H3/b10-7-,19-16-,28-25-,29-26-,34-32-,42-39-. The van der Waals surface area contributed by atoms with E-state index in [-0.39, 0.29) is 31.1 Å². The van der Waals surface area contributed by atoms with E-state index >= 15 is 0 Å². The Balaban J connectivity index is 4.43. The second-order valence-corrected chi connectivity index (χ2v) is 19.9. The van der Waals surface area contributed by atoms with Crippen LogP contribution >= 0.6 is 0 Å². The summed E-state index contributed by atoms with van der Waals surface area (Å²) in [4.78, 5) is 38.2. The molecule has 0 heterocycles. The summed E-state index contributed by atoms with van der Waals surface area (Å²) < 4.78 is 16.9. The summed E-state index contributed by atoms with van der Waals surface area (Å²) >= 11 is 0. The van der Waals surface area contributed by atoms with Crippen molar-refractivity contribution in [3.63, 3.8) is 0 Å². The van der Waals surface area contributed by atoms with Gasteiger partial charge in [-0.05, 0) is 89.9 Å². The van der Waals surface area contributed by atoms with Gasteiger partial charge in [0, 0.05) is 19.3 Å². The maximum absolute atomic E-state index is 12.9. The van der Waals surface area contributed by atoms with Gasteiger partial charge in [-0.25, -0.2) is 0 Å². The molecule has 0 aromatic rings. The Bertz CT molecular complexity index is 1310. The van der Waals surface area contributed by atoms with E-state index in [0.29, 0.717) is 19.3 Å². The minimum Gasteiger partial charge on any atom is -0.462 e. The molecule has 1 atom stereocenters. The monoisotopic (exact) mass is 977 g/mol. The lowest BCUT2D eigenvalue weighted by molar-refractivity contribution is -0.167. The number of carbonyl (C=O) groups is 3. The molecule has 0 saturated heterocycles. The number of carbonyl (C=O) groups excluding carboxylic acids is 3. The minimum absolute atomic E-state index is 0.0851. The van der Waals surface area contributed by atoms with E-state index in [1.165, 1.54) is 161 Å². The van der Waals surface area contributed by atoms with Crippen LogP contribution in [0.25, 0.3) is 0 Å². The number of rotatable bonds is 54. The van der Waals surface area contributed by atoms with Crippen molar-refractivity contribution >= 4 is 17.9 Å². The van der Waals surface area contributed by atoms with Crippen molar-refractivity contribution in [2.75, 3.05) is 13.2 Å². The van der Waals surface area contributed by atoms with Crippen molar-refractivity contribution in [3.8, 4) is 0 Å². The van der Waals surface area contributed by atoms with E-state index < -0.39 is 6.10 Å². The molecule has 0 spiro atoms. The van der Waals surface area contributed by atoms with E-state index in [1.54, 1.807) is 0 Å². The molecule has 0 aliphatic heterocycles. The van der Waals surface area contributed by atoms with Gasteiger partial charge in [0.15, 0.2) is 6.10 Å². The molecule has 1 unspecified atom stereocenters. The van der Waals surface area contributed by atoms with Crippen LogP contribution in [-0.4, -0.2) is 37.2 Å². The predicted molar refractivity (Wildman–Crippen MR) is 302 cm³/mol. The van der Waals surface area contributed by atoms with Gasteiger partial charge in [-0.2, -0.15) is 0 Å². The van der Waals surface area contributed by atoms with Crippen LogP contribution in [0.4, 0.5) is 0 Å². The molecule has 0 amide bonds. The smallest absolute Gasteiger partial charge is 0.306 e. The summed E-state index contributed by atoms with van der Waals surface area (Å²) in [6.07, 6.45) is 74.6. The van der Waals surface area contributed by atoms with Gasteiger partial charge in [0.05, 0.1) is 0 Å². The van der Waals surface area contributed by atoms with E-state index in [0.717, 1.165) is 96.3 Å². The fourth-order valence-electron chi connectivity index (χ4n) is 8.47. The van der Waals surface area contributed by atoms with Crippen LogP contribution in [0.1, 0.15) is 297 Å². The first-order valence-corrected chi connectivity index (χ1v) is 29.9. The van der Waals surface area contributed by atoms with Gasteiger partial charge in [-0.3, -0.25) is 14.4 Å². The van der Waals surface area contributed by atoms with E-state index in [9.17, 15) is 14.4 Å². The number of ether oxygens (including phenoxy) is 3. The second-order valence-electron chi connectivity index (χ2n) is 19.9. The molecule has 0 radical (unpaired) electrons. The van der Waals surface area contributed by atoms with Gasteiger partial charge in [0.1, 0.15) is 13.2 Å². The van der Waals surface area contributed by atoms with Crippen molar-refractivity contribution < 1.29 is 28.6 Å². The fourth-order valence-corrected chi connectivity index (χ4v) is 8.47. The summed E-state index contributed by atoms with van der Waals surface area (Å²) in [5.41, 5.74) is 0. The molecule has 0 bridgehead atoms. The predicted octanol–water partition coefficient (Wildman–Crippen LogP) is 20.2. The van der Waals surface area contributed by atoms with Crippen molar-refractivity contribution in [2.24, 2.45) is 0 Å². The fraction of sp³-hybridized carbons (Fsp3) is 0.766. The highest BCUT2D eigenvalue weighted by Crippen LogP contribution is 2.16. The lowest BCUT2D eigenvalue weighted by Gasteiger charge is -2.18. The van der Waals surface area contributed by atoms with Gasteiger partial charge >= 0.3 is 17.9 Å². The highest BCUT2D eigenvalue weighted by molar-refractivity contribution is 5.71. The number of allylic oxidation sites excluding steroid dienone is 12. The van der Waals surface area contributed by atoms with Gasteiger partial charge in [-0.15, -0.1) is 0 Å². The number of hydrogen-bond donors (Lipinski definition) is 0. The van der Waals surface area contributed by atoms with Crippen LogP contribution in [0, 0.1) is 0 Å². The topological polar surface area (TPSA) is 78.9 Å². The van der Waals surface area contributed by atoms with Gasteiger partial charge in [0.25, 0.3) is 0 Å². The molecule has 404 valence electrons. The normalized spacial score (nSPS) is 12.6. The summed E-state index contributed by atoms with van der Waals surface area (Å²) in [5.74, 6) is -0.910. The molecule has 0 aromatic carbocycles. The molecule has 0 aliphatic rings.